The Morgan fingerprint density at radius 3 is 2.32 bits per heavy atom. The lowest BCUT2D eigenvalue weighted by atomic mass is 10.1. The van der Waals surface area contributed by atoms with Gasteiger partial charge in [0.25, 0.3) is 0 Å². The van der Waals surface area contributed by atoms with Crippen molar-refractivity contribution in [2.24, 2.45) is 5.73 Å². The van der Waals surface area contributed by atoms with Crippen LogP contribution in [-0.2, 0) is 24.1 Å². The fourth-order valence-electron chi connectivity index (χ4n) is 2.34. The molecule has 0 radical (unpaired) electrons. The molecule has 0 aliphatic rings. The van der Waals surface area contributed by atoms with E-state index in [-0.39, 0.29) is 13.2 Å². The summed E-state index contributed by atoms with van der Waals surface area (Å²) in [5.74, 6) is 0.890. The molecule has 3 aromatic rings. The van der Waals surface area contributed by atoms with Gasteiger partial charge >= 0.3 is 12.3 Å². The number of halogens is 3. The first-order valence-corrected chi connectivity index (χ1v) is 8.08. The summed E-state index contributed by atoms with van der Waals surface area (Å²) in [5.41, 5.74) is 6.09. The van der Waals surface area contributed by atoms with E-state index in [9.17, 15) is 18.0 Å². The highest BCUT2D eigenvalue weighted by atomic mass is 19.4. The van der Waals surface area contributed by atoms with E-state index in [1.807, 2.05) is 0 Å². The third-order valence-corrected chi connectivity index (χ3v) is 3.75. The van der Waals surface area contributed by atoms with E-state index in [1.165, 1.54) is 12.1 Å². The molecule has 9 heteroatoms. The second-order valence-electron chi connectivity index (χ2n) is 5.79. The number of amides is 1. The standard InChI is InChI=1S/C19H15F3N2O4/c20-19(21,22)14-5-1-12(2-6-14)10-26-15-7-3-13(4-8-15)17-9-16(28-24-17)11-27-18(23)25/h1-9H,10-11H2,(H2,23,25). The van der Waals surface area contributed by atoms with Crippen LogP contribution in [0.3, 0.4) is 0 Å². The van der Waals surface area contributed by atoms with Gasteiger partial charge in [0.05, 0.1) is 5.56 Å². The number of aromatic nitrogens is 1. The van der Waals surface area contributed by atoms with E-state index in [0.717, 1.165) is 17.7 Å². The van der Waals surface area contributed by atoms with Gasteiger partial charge in [-0.05, 0) is 42.0 Å². The van der Waals surface area contributed by atoms with Crippen LogP contribution in [0.2, 0.25) is 0 Å². The maximum atomic E-state index is 12.6. The van der Waals surface area contributed by atoms with Gasteiger partial charge in [0.1, 0.15) is 18.1 Å². The smallest absolute Gasteiger partial charge is 0.416 e. The van der Waals surface area contributed by atoms with Gasteiger partial charge in [-0.1, -0.05) is 17.3 Å². The summed E-state index contributed by atoms with van der Waals surface area (Å²) in [6.07, 6.45) is -5.27. The number of carbonyl (C=O) groups is 1. The van der Waals surface area contributed by atoms with Crippen LogP contribution in [0.25, 0.3) is 11.3 Å². The molecule has 0 aliphatic carbocycles. The van der Waals surface area contributed by atoms with Crippen molar-refractivity contribution in [2.45, 2.75) is 19.4 Å². The molecule has 3 rings (SSSR count). The normalized spacial score (nSPS) is 11.2. The summed E-state index contributed by atoms with van der Waals surface area (Å²) in [6.45, 7) is 0.0205. The molecule has 0 fully saturated rings. The molecule has 1 heterocycles. The molecule has 0 saturated carbocycles. The van der Waals surface area contributed by atoms with Gasteiger partial charge in [0, 0.05) is 11.6 Å². The molecule has 1 aromatic heterocycles. The second-order valence-corrected chi connectivity index (χ2v) is 5.79. The molecule has 0 saturated heterocycles. The van der Waals surface area contributed by atoms with E-state index in [1.54, 1.807) is 30.3 Å². The number of nitrogens with two attached hydrogens (primary N) is 1. The Bertz CT molecular complexity index is 935. The third kappa shape index (κ3) is 5.03. The van der Waals surface area contributed by atoms with Crippen LogP contribution >= 0.6 is 0 Å². The summed E-state index contributed by atoms with van der Waals surface area (Å²) >= 11 is 0. The quantitative estimate of drug-likeness (QED) is 0.666. The molecule has 0 spiro atoms. The molecule has 1 amide bonds. The van der Waals surface area contributed by atoms with Crippen molar-refractivity contribution in [1.82, 2.24) is 5.16 Å². The first-order valence-electron chi connectivity index (χ1n) is 8.08. The predicted molar refractivity (Wildman–Crippen MR) is 92.1 cm³/mol. The van der Waals surface area contributed by atoms with Gasteiger partial charge in [0.15, 0.2) is 12.4 Å². The highest BCUT2D eigenvalue weighted by molar-refractivity contribution is 5.64. The van der Waals surface area contributed by atoms with Crippen LogP contribution < -0.4 is 10.5 Å². The van der Waals surface area contributed by atoms with E-state index in [4.69, 9.17) is 15.0 Å². The number of hydrogen-bond donors (Lipinski definition) is 1. The topological polar surface area (TPSA) is 87.6 Å². The molecule has 6 nitrogen and oxygen atoms in total. The molecule has 2 aromatic carbocycles. The van der Waals surface area contributed by atoms with E-state index < -0.39 is 17.8 Å². The van der Waals surface area contributed by atoms with Crippen molar-refractivity contribution in [2.75, 3.05) is 0 Å². The molecular formula is C19H15F3N2O4. The molecule has 0 unspecified atom stereocenters. The number of alkyl halides is 3. The fourth-order valence-corrected chi connectivity index (χ4v) is 2.34. The zero-order valence-corrected chi connectivity index (χ0v) is 14.4. The summed E-state index contributed by atoms with van der Waals surface area (Å²) in [6, 6.07) is 13.3. The minimum absolute atomic E-state index is 0.114. The number of benzene rings is 2. The van der Waals surface area contributed by atoms with Crippen LogP contribution in [0.5, 0.6) is 5.75 Å². The first kappa shape index (κ1) is 19.3. The lowest BCUT2D eigenvalue weighted by molar-refractivity contribution is -0.137. The summed E-state index contributed by atoms with van der Waals surface area (Å²) in [5, 5.41) is 3.88. The molecule has 2 N–H and O–H groups in total. The van der Waals surface area contributed by atoms with E-state index >= 15 is 0 Å². The van der Waals surface area contributed by atoms with E-state index in [0.29, 0.717) is 22.8 Å². The number of primary amides is 1. The minimum Gasteiger partial charge on any atom is -0.489 e. The molecular weight excluding hydrogens is 377 g/mol. The molecule has 0 bridgehead atoms. The van der Waals surface area contributed by atoms with Crippen molar-refractivity contribution in [3.8, 4) is 17.0 Å². The van der Waals surface area contributed by atoms with Crippen molar-refractivity contribution in [1.29, 1.82) is 0 Å². The summed E-state index contributed by atoms with van der Waals surface area (Å²) < 4.78 is 52.9. The first-order chi connectivity index (χ1) is 13.3. The fraction of sp³-hybridized carbons (Fsp3) is 0.158. The summed E-state index contributed by atoms with van der Waals surface area (Å²) in [7, 11) is 0. The summed E-state index contributed by atoms with van der Waals surface area (Å²) in [4.78, 5) is 10.6. The van der Waals surface area contributed by atoms with Gasteiger partial charge in [-0.2, -0.15) is 13.2 Å². The van der Waals surface area contributed by atoms with Gasteiger partial charge < -0.3 is 19.7 Å². The second kappa shape index (κ2) is 8.03. The van der Waals surface area contributed by atoms with Crippen LogP contribution in [0.15, 0.2) is 59.1 Å². The zero-order chi connectivity index (χ0) is 20.1. The predicted octanol–water partition coefficient (Wildman–Crippen LogP) is 4.53. The molecule has 0 atom stereocenters. The highest BCUT2D eigenvalue weighted by Crippen LogP contribution is 2.29. The Hall–Kier alpha value is -3.49. The van der Waals surface area contributed by atoms with Crippen LogP contribution in [-0.4, -0.2) is 11.2 Å². The maximum Gasteiger partial charge on any atom is 0.416 e. The van der Waals surface area contributed by atoms with Crippen molar-refractivity contribution in [3.63, 3.8) is 0 Å². The highest BCUT2D eigenvalue weighted by Gasteiger charge is 2.29. The van der Waals surface area contributed by atoms with Crippen molar-refractivity contribution < 1.29 is 32.0 Å². The minimum atomic E-state index is -4.36. The largest absolute Gasteiger partial charge is 0.489 e. The van der Waals surface area contributed by atoms with Crippen molar-refractivity contribution in [3.05, 3.63) is 71.5 Å². The van der Waals surface area contributed by atoms with Crippen LogP contribution in [0, 0.1) is 0 Å². The van der Waals surface area contributed by atoms with Gasteiger partial charge in [-0.15, -0.1) is 0 Å². The van der Waals surface area contributed by atoms with Crippen LogP contribution in [0.1, 0.15) is 16.9 Å². The molecule has 28 heavy (non-hydrogen) atoms. The SMILES string of the molecule is NC(=O)OCc1cc(-c2ccc(OCc3ccc(C(F)(F)F)cc3)cc2)no1. The zero-order valence-electron chi connectivity index (χ0n) is 14.4. The number of hydrogen-bond acceptors (Lipinski definition) is 5. The average molecular weight is 392 g/mol. The number of nitrogens with zero attached hydrogens (tertiary/aromatic N) is 1. The number of ether oxygens (including phenoxy) is 2. The Morgan fingerprint density at radius 2 is 1.71 bits per heavy atom. The number of carbonyl (C=O) groups excluding carboxylic acids is 1. The lowest BCUT2D eigenvalue weighted by Gasteiger charge is -2.09. The Kier molecular flexibility index (Phi) is 5.53. The lowest BCUT2D eigenvalue weighted by Crippen LogP contribution is -2.12. The van der Waals surface area contributed by atoms with E-state index in [2.05, 4.69) is 9.89 Å². The van der Waals surface area contributed by atoms with Gasteiger partial charge in [0.2, 0.25) is 0 Å². The Labute approximate surface area is 157 Å². The molecule has 0 aliphatic heterocycles. The monoisotopic (exact) mass is 392 g/mol. The van der Waals surface area contributed by atoms with Crippen molar-refractivity contribution >= 4 is 6.09 Å². The maximum absolute atomic E-state index is 12.6. The average Bonchev–Trinajstić information content (AvgIpc) is 3.14. The number of rotatable bonds is 6. The van der Waals surface area contributed by atoms with Gasteiger partial charge in [-0.25, -0.2) is 4.79 Å². The third-order valence-electron chi connectivity index (χ3n) is 3.75. The van der Waals surface area contributed by atoms with Crippen LogP contribution in [0.4, 0.5) is 18.0 Å². The Balaban J connectivity index is 1.58. The van der Waals surface area contributed by atoms with Gasteiger partial charge in [-0.3, -0.25) is 0 Å². The molecule has 146 valence electrons. The Morgan fingerprint density at radius 1 is 1.04 bits per heavy atom.